The molecule has 0 aromatic heterocycles. The summed E-state index contributed by atoms with van der Waals surface area (Å²) in [5.41, 5.74) is 0. The predicted octanol–water partition coefficient (Wildman–Crippen LogP) is 0.792. The first-order valence-electron chi connectivity index (χ1n) is 3.19. The van der Waals surface area contributed by atoms with Crippen molar-refractivity contribution in [3.63, 3.8) is 0 Å². The van der Waals surface area contributed by atoms with Gasteiger partial charge in [-0.15, -0.1) is 0 Å². The van der Waals surface area contributed by atoms with Gasteiger partial charge in [0.15, 0.2) is 12.0 Å². The molecule has 0 aromatic carbocycles. The van der Waals surface area contributed by atoms with Crippen LogP contribution in [0.3, 0.4) is 0 Å². The van der Waals surface area contributed by atoms with Crippen molar-refractivity contribution < 1.29 is 19.1 Å². The highest BCUT2D eigenvalue weighted by atomic mass is 16.6. The third-order valence-electron chi connectivity index (χ3n) is 0.843. The Morgan fingerprint density at radius 1 is 1.50 bits per heavy atom. The van der Waals surface area contributed by atoms with Crippen LogP contribution in [-0.4, -0.2) is 18.9 Å². The van der Waals surface area contributed by atoms with Crippen LogP contribution >= 0.6 is 0 Å². The van der Waals surface area contributed by atoms with E-state index in [0.29, 0.717) is 6.29 Å². The monoisotopic (exact) mass is 170 g/mol. The molecule has 0 amide bonds. The highest BCUT2D eigenvalue weighted by Crippen LogP contribution is 2.00. The third kappa shape index (κ3) is 5.22. The summed E-state index contributed by atoms with van der Waals surface area (Å²) in [6.45, 7) is 7.84. The summed E-state index contributed by atoms with van der Waals surface area (Å²) in [5.74, 6) is -0.328. The lowest BCUT2D eigenvalue weighted by Crippen LogP contribution is -2.05. The molecule has 0 aliphatic carbocycles. The molecule has 0 bridgehead atoms. The predicted molar refractivity (Wildman–Crippen MR) is 42.1 cm³/mol. The van der Waals surface area contributed by atoms with Crippen LogP contribution in [0.2, 0.25) is 0 Å². The van der Waals surface area contributed by atoms with Crippen molar-refractivity contribution in [1.82, 2.24) is 0 Å². The van der Waals surface area contributed by atoms with E-state index in [1.807, 2.05) is 0 Å². The number of carbonyl (C=O) groups is 2. The van der Waals surface area contributed by atoms with E-state index < -0.39 is 5.97 Å². The van der Waals surface area contributed by atoms with Gasteiger partial charge < -0.3 is 9.47 Å². The molecule has 0 N–H and O–H groups in total. The molecule has 0 saturated heterocycles. The summed E-state index contributed by atoms with van der Waals surface area (Å²) in [4.78, 5) is 20.3. The first-order valence-corrected chi connectivity index (χ1v) is 3.19. The molecule has 66 valence electrons. The minimum atomic E-state index is -0.434. The molecule has 0 aliphatic heterocycles. The van der Waals surface area contributed by atoms with Gasteiger partial charge >= 0.3 is 5.97 Å². The number of allylic oxidation sites excluding steroid dienone is 1. The van der Waals surface area contributed by atoms with Crippen LogP contribution in [0.1, 0.15) is 6.92 Å². The molecule has 4 heteroatoms. The minimum absolute atomic E-state index is 0.0628. The quantitative estimate of drug-likeness (QED) is 0.265. The lowest BCUT2D eigenvalue weighted by Gasteiger charge is -2.06. The van der Waals surface area contributed by atoms with Gasteiger partial charge in [0.2, 0.25) is 0 Å². The van der Waals surface area contributed by atoms with Gasteiger partial charge in [0, 0.05) is 6.92 Å². The van der Waals surface area contributed by atoms with E-state index in [1.165, 1.54) is 6.92 Å². The number of aldehydes is 1. The maximum Gasteiger partial charge on any atom is 0.303 e. The summed E-state index contributed by atoms with van der Waals surface area (Å²) in [5, 5.41) is 0. The van der Waals surface area contributed by atoms with E-state index >= 15 is 0 Å². The Labute approximate surface area is 70.5 Å². The molecule has 0 saturated carbocycles. The fourth-order valence-electron chi connectivity index (χ4n) is 0.421. The Bertz CT molecular complexity index is 217. The topological polar surface area (TPSA) is 52.6 Å². The van der Waals surface area contributed by atoms with Gasteiger partial charge in [-0.2, -0.15) is 0 Å². The van der Waals surface area contributed by atoms with Crippen molar-refractivity contribution in [2.45, 2.75) is 6.92 Å². The second-order valence-corrected chi connectivity index (χ2v) is 2.01. The highest BCUT2D eigenvalue weighted by Gasteiger charge is 1.99. The number of hydrogen-bond donors (Lipinski definition) is 0. The van der Waals surface area contributed by atoms with Crippen LogP contribution in [0, 0.1) is 0 Å². The van der Waals surface area contributed by atoms with E-state index in [2.05, 4.69) is 17.9 Å². The third-order valence-corrected chi connectivity index (χ3v) is 0.843. The second kappa shape index (κ2) is 5.12. The number of esters is 1. The van der Waals surface area contributed by atoms with Gasteiger partial charge in [-0.05, 0) is 0 Å². The van der Waals surface area contributed by atoms with Gasteiger partial charge in [-0.1, -0.05) is 13.2 Å². The molecule has 0 radical (unpaired) electrons. The number of carbonyl (C=O) groups excluding carboxylic acids is 2. The van der Waals surface area contributed by atoms with Gasteiger partial charge in [0.05, 0.1) is 0 Å². The summed E-state index contributed by atoms with van der Waals surface area (Å²) in [7, 11) is 0. The molecular formula is C8H10O4. The van der Waals surface area contributed by atoms with Crippen LogP contribution in [0.15, 0.2) is 24.7 Å². The van der Waals surface area contributed by atoms with E-state index in [1.54, 1.807) is 0 Å². The van der Waals surface area contributed by atoms with Crippen molar-refractivity contribution in [2.75, 3.05) is 6.61 Å². The summed E-state index contributed by atoms with van der Waals surface area (Å²) in [6, 6.07) is 0. The van der Waals surface area contributed by atoms with E-state index in [0.717, 1.165) is 0 Å². The van der Waals surface area contributed by atoms with Gasteiger partial charge in [-0.25, -0.2) is 0 Å². The van der Waals surface area contributed by atoms with Gasteiger partial charge in [0.25, 0.3) is 0 Å². The molecule has 0 atom stereocenters. The normalized spacial score (nSPS) is 8.42. The Hall–Kier alpha value is -1.58. The number of rotatable bonds is 5. The number of hydrogen-bond acceptors (Lipinski definition) is 4. The Morgan fingerprint density at radius 3 is 2.50 bits per heavy atom. The second-order valence-electron chi connectivity index (χ2n) is 2.01. The standard InChI is InChI=1S/C8H10O4/c1-6(4-9)12-7(2)5-11-8(3)10/h4H,1-2,5H2,3H3. The van der Waals surface area contributed by atoms with Crippen LogP contribution in [0.4, 0.5) is 0 Å². The first kappa shape index (κ1) is 10.4. The molecule has 0 aromatic rings. The zero-order chi connectivity index (χ0) is 9.56. The lowest BCUT2D eigenvalue weighted by molar-refractivity contribution is -0.140. The van der Waals surface area contributed by atoms with E-state index in [9.17, 15) is 9.59 Å². The van der Waals surface area contributed by atoms with Crippen LogP contribution < -0.4 is 0 Å². The van der Waals surface area contributed by atoms with Gasteiger partial charge in [-0.3, -0.25) is 9.59 Å². The maximum atomic E-state index is 10.3. The molecule has 0 spiro atoms. The smallest absolute Gasteiger partial charge is 0.303 e. The van der Waals surface area contributed by atoms with E-state index in [-0.39, 0.29) is 18.1 Å². The Balaban J connectivity index is 3.67. The molecule has 0 heterocycles. The zero-order valence-corrected chi connectivity index (χ0v) is 6.83. The SMILES string of the molecule is C=C(C=O)OC(=C)COC(C)=O. The molecule has 4 nitrogen and oxygen atoms in total. The highest BCUT2D eigenvalue weighted by molar-refractivity contribution is 5.69. The summed E-state index contributed by atoms with van der Waals surface area (Å²) < 4.78 is 9.24. The Morgan fingerprint density at radius 2 is 2.08 bits per heavy atom. The molecule has 12 heavy (non-hydrogen) atoms. The molecule has 0 aliphatic rings. The van der Waals surface area contributed by atoms with Gasteiger partial charge in [0.1, 0.15) is 12.4 Å². The molecule has 0 unspecified atom stereocenters. The van der Waals surface area contributed by atoms with E-state index in [4.69, 9.17) is 4.74 Å². The zero-order valence-electron chi connectivity index (χ0n) is 6.83. The minimum Gasteiger partial charge on any atom is -0.458 e. The molecule has 0 fully saturated rings. The van der Waals surface area contributed by atoms with Crippen molar-refractivity contribution in [3.8, 4) is 0 Å². The van der Waals surface area contributed by atoms with Crippen molar-refractivity contribution in [2.24, 2.45) is 0 Å². The largest absolute Gasteiger partial charge is 0.458 e. The van der Waals surface area contributed by atoms with Crippen molar-refractivity contribution >= 4 is 12.3 Å². The van der Waals surface area contributed by atoms with Crippen LogP contribution in [0.25, 0.3) is 0 Å². The molecule has 0 rings (SSSR count). The summed E-state index contributed by atoms with van der Waals surface area (Å²) in [6.07, 6.45) is 0.443. The van der Waals surface area contributed by atoms with Crippen LogP contribution in [0.5, 0.6) is 0 Å². The maximum absolute atomic E-state index is 10.3. The Kier molecular flexibility index (Phi) is 4.45. The van der Waals surface area contributed by atoms with Crippen molar-refractivity contribution in [3.05, 3.63) is 24.7 Å². The average Bonchev–Trinajstić information content (AvgIpc) is 2.00. The number of ether oxygens (including phenoxy) is 2. The fourth-order valence-corrected chi connectivity index (χ4v) is 0.421. The van der Waals surface area contributed by atoms with Crippen molar-refractivity contribution in [1.29, 1.82) is 0 Å². The van der Waals surface area contributed by atoms with Crippen LogP contribution in [-0.2, 0) is 19.1 Å². The first-order chi connectivity index (χ1) is 5.56. The summed E-state index contributed by atoms with van der Waals surface area (Å²) >= 11 is 0. The average molecular weight is 170 g/mol. The molecular weight excluding hydrogens is 160 g/mol. The fraction of sp³-hybridized carbons (Fsp3) is 0.250. The lowest BCUT2D eigenvalue weighted by atomic mass is 10.5.